The minimum absolute atomic E-state index is 0.0648. The van der Waals surface area contributed by atoms with Crippen molar-refractivity contribution in [3.8, 4) is 5.75 Å². The molecule has 2 aromatic rings. The molecule has 26 heavy (non-hydrogen) atoms. The van der Waals surface area contributed by atoms with Gasteiger partial charge in [0.2, 0.25) is 0 Å². The van der Waals surface area contributed by atoms with Gasteiger partial charge in [-0.2, -0.15) is 0 Å². The Labute approximate surface area is 156 Å². The van der Waals surface area contributed by atoms with Gasteiger partial charge < -0.3 is 4.43 Å². The minimum atomic E-state index is -2.09. The second-order valence-corrected chi connectivity index (χ2v) is 12.9. The summed E-state index contributed by atoms with van der Waals surface area (Å²) in [4.78, 5) is 25.6. The van der Waals surface area contributed by atoms with Crippen LogP contribution in [0.15, 0.2) is 42.5 Å². The Morgan fingerprint density at radius 2 is 1.35 bits per heavy atom. The second-order valence-electron chi connectivity index (χ2n) is 8.40. The van der Waals surface area contributed by atoms with Crippen molar-refractivity contribution in [3.05, 3.63) is 64.7 Å². The van der Waals surface area contributed by atoms with Gasteiger partial charge >= 0.3 is 0 Å². The SMILES string of the molecule is CC(C)C(C)(C)[Si](C)(C)Oc1ccc2c(c1)C(=O)c1ccccc1C2=O. The van der Waals surface area contributed by atoms with Gasteiger partial charge in [-0.15, -0.1) is 0 Å². The van der Waals surface area contributed by atoms with Crippen LogP contribution in [0.3, 0.4) is 0 Å². The van der Waals surface area contributed by atoms with E-state index >= 15 is 0 Å². The number of hydrogen-bond donors (Lipinski definition) is 0. The molecule has 3 rings (SSSR count). The highest BCUT2D eigenvalue weighted by molar-refractivity contribution is 6.75. The number of ketones is 2. The van der Waals surface area contributed by atoms with Crippen LogP contribution in [0.1, 0.15) is 59.5 Å². The van der Waals surface area contributed by atoms with Gasteiger partial charge in [-0.3, -0.25) is 9.59 Å². The van der Waals surface area contributed by atoms with Gasteiger partial charge in [-0.05, 0) is 42.2 Å². The summed E-state index contributed by atoms with van der Waals surface area (Å²) in [5.41, 5.74) is 1.86. The zero-order valence-electron chi connectivity index (χ0n) is 16.3. The van der Waals surface area contributed by atoms with Gasteiger partial charge in [-0.25, -0.2) is 0 Å². The molecule has 3 nitrogen and oxygen atoms in total. The molecule has 1 aliphatic rings. The highest BCUT2D eigenvalue weighted by Crippen LogP contribution is 2.45. The van der Waals surface area contributed by atoms with Gasteiger partial charge in [0.15, 0.2) is 11.6 Å². The molecule has 0 amide bonds. The van der Waals surface area contributed by atoms with Gasteiger partial charge in [0.05, 0.1) is 0 Å². The van der Waals surface area contributed by atoms with Crippen molar-refractivity contribution in [1.82, 2.24) is 0 Å². The smallest absolute Gasteiger partial charge is 0.251 e. The summed E-state index contributed by atoms with van der Waals surface area (Å²) < 4.78 is 6.44. The first-order valence-electron chi connectivity index (χ1n) is 9.08. The normalized spacial score (nSPS) is 14.3. The van der Waals surface area contributed by atoms with Crippen LogP contribution in [0.4, 0.5) is 0 Å². The first kappa shape index (κ1) is 18.6. The summed E-state index contributed by atoms with van der Waals surface area (Å²) in [6, 6.07) is 12.3. The number of benzene rings is 2. The summed E-state index contributed by atoms with van der Waals surface area (Å²) in [6.45, 7) is 13.3. The van der Waals surface area contributed by atoms with Crippen LogP contribution < -0.4 is 4.43 Å². The van der Waals surface area contributed by atoms with E-state index in [0.29, 0.717) is 33.9 Å². The highest BCUT2D eigenvalue weighted by Gasteiger charge is 2.45. The van der Waals surface area contributed by atoms with Gasteiger partial charge in [0.25, 0.3) is 8.32 Å². The molecule has 0 fully saturated rings. The van der Waals surface area contributed by atoms with E-state index < -0.39 is 8.32 Å². The molecule has 0 N–H and O–H groups in total. The third kappa shape index (κ3) is 2.82. The number of rotatable bonds is 4. The molecule has 0 bridgehead atoms. The van der Waals surface area contributed by atoms with Crippen molar-refractivity contribution in [1.29, 1.82) is 0 Å². The molecule has 0 unspecified atom stereocenters. The van der Waals surface area contributed by atoms with Gasteiger partial charge in [0.1, 0.15) is 5.75 Å². The van der Waals surface area contributed by atoms with Gasteiger partial charge in [-0.1, -0.05) is 52.0 Å². The molecule has 0 aromatic heterocycles. The molecule has 136 valence electrons. The zero-order chi connectivity index (χ0) is 19.3. The lowest BCUT2D eigenvalue weighted by molar-refractivity contribution is 0.0979. The quantitative estimate of drug-likeness (QED) is 0.574. The molecule has 0 spiro atoms. The summed E-state index contributed by atoms with van der Waals surface area (Å²) in [5, 5.41) is 0.0648. The van der Waals surface area contributed by atoms with Crippen LogP contribution in [-0.2, 0) is 0 Å². The molecule has 0 heterocycles. The van der Waals surface area contributed by atoms with Crippen LogP contribution >= 0.6 is 0 Å². The maximum absolute atomic E-state index is 12.9. The lowest BCUT2D eigenvalue weighted by Gasteiger charge is -2.42. The van der Waals surface area contributed by atoms with E-state index in [-0.39, 0.29) is 16.6 Å². The first-order chi connectivity index (χ1) is 12.1. The maximum Gasteiger partial charge on any atom is 0.251 e. The Morgan fingerprint density at radius 1 is 0.846 bits per heavy atom. The van der Waals surface area contributed by atoms with E-state index in [2.05, 4.69) is 40.8 Å². The fraction of sp³-hybridized carbons (Fsp3) is 0.364. The minimum Gasteiger partial charge on any atom is -0.543 e. The highest BCUT2D eigenvalue weighted by atomic mass is 28.4. The van der Waals surface area contributed by atoms with Crippen molar-refractivity contribution < 1.29 is 14.0 Å². The summed E-state index contributed by atoms with van der Waals surface area (Å²) in [6.07, 6.45) is 0. The first-order valence-corrected chi connectivity index (χ1v) is 12.0. The number of carbonyl (C=O) groups is 2. The molecular weight excluding hydrogens is 340 g/mol. The van der Waals surface area contributed by atoms with Crippen molar-refractivity contribution in [2.75, 3.05) is 0 Å². The molecule has 0 aliphatic heterocycles. The fourth-order valence-electron chi connectivity index (χ4n) is 3.26. The van der Waals surface area contributed by atoms with Crippen LogP contribution in [0.25, 0.3) is 0 Å². The molecule has 0 saturated heterocycles. The summed E-state index contributed by atoms with van der Waals surface area (Å²) in [5.74, 6) is 0.954. The maximum atomic E-state index is 12.9. The average Bonchev–Trinajstić information content (AvgIpc) is 2.59. The Bertz CT molecular complexity index is 894. The van der Waals surface area contributed by atoms with Crippen molar-refractivity contribution >= 4 is 19.9 Å². The zero-order valence-corrected chi connectivity index (χ0v) is 17.3. The fourth-order valence-corrected chi connectivity index (χ4v) is 5.63. The van der Waals surface area contributed by atoms with Crippen LogP contribution in [0.5, 0.6) is 5.75 Å². The van der Waals surface area contributed by atoms with E-state index in [1.807, 2.05) is 6.07 Å². The largest absolute Gasteiger partial charge is 0.543 e. The third-order valence-corrected chi connectivity index (χ3v) is 10.7. The average molecular weight is 367 g/mol. The van der Waals surface area contributed by atoms with Crippen LogP contribution in [0, 0.1) is 5.92 Å². The van der Waals surface area contributed by atoms with E-state index in [0.717, 1.165) is 0 Å². The predicted molar refractivity (Wildman–Crippen MR) is 107 cm³/mol. The molecule has 4 heteroatoms. The Hall–Kier alpha value is -2.20. The van der Waals surface area contributed by atoms with E-state index in [4.69, 9.17) is 4.43 Å². The second kappa shape index (κ2) is 6.20. The third-order valence-electron chi connectivity index (χ3n) is 6.26. The molecule has 2 aromatic carbocycles. The lowest BCUT2D eigenvalue weighted by Crippen LogP contribution is -2.48. The standard InChI is InChI=1S/C22H26O3Si/c1-14(2)22(3,4)26(5,6)25-15-11-12-18-19(13-15)21(24)17-10-8-7-9-16(17)20(18)23/h7-14H,1-6H3. The van der Waals surface area contributed by atoms with Crippen molar-refractivity contribution in [3.63, 3.8) is 0 Å². The van der Waals surface area contributed by atoms with E-state index in [1.165, 1.54) is 0 Å². The molecule has 1 aliphatic carbocycles. The molecular formula is C22H26O3Si. The van der Waals surface area contributed by atoms with Crippen LogP contribution in [0.2, 0.25) is 18.1 Å². The van der Waals surface area contributed by atoms with Gasteiger partial charge in [0, 0.05) is 22.3 Å². The lowest BCUT2D eigenvalue weighted by atomic mass is 9.84. The monoisotopic (exact) mass is 366 g/mol. The molecule has 0 atom stereocenters. The van der Waals surface area contributed by atoms with E-state index in [9.17, 15) is 9.59 Å². The summed E-state index contributed by atoms with van der Waals surface area (Å²) in [7, 11) is -2.09. The molecule has 0 saturated carbocycles. The Kier molecular flexibility index (Phi) is 4.43. The Balaban J connectivity index is 2.00. The van der Waals surface area contributed by atoms with E-state index in [1.54, 1.807) is 36.4 Å². The predicted octanol–water partition coefficient (Wildman–Crippen LogP) is 5.48. The van der Waals surface area contributed by atoms with Crippen molar-refractivity contribution in [2.24, 2.45) is 5.92 Å². The number of fused-ring (bicyclic) bond motifs is 2. The molecule has 0 radical (unpaired) electrons. The number of hydrogen-bond acceptors (Lipinski definition) is 3. The Morgan fingerprint density at radius 3 is 1.88 bits per heavy atom. The van der Waals surface area contributed by atoms with Crippen LogP contribution in [-0.4, -0.2) is 19.9 Å². The topological polar surface area (TPSA) is 43.4 Å². The number of carbonyl (C=O) groups excluding carboxylic acids is 2. The van der Waals surface area contributed by atoms with Crippen molar-refractivity contribution in [2.45, 2.75) is 45.8 Å². The summed E-state index contributed by atoms with van der Waals surface area (Å²) >= 11 is 0.